The third kappa shape index (κ3) is 4.75. The van der Waals surface area contributed by atoms with Gasteiger partial charge in [0.25, 0.3) is 0 Å². The summed E-state index contributed by atoms with van der Waals surface area (Å²) in [6.07, 6.45) is 1.38. The molecule has 1 rings (SSSR count). The van der Waals surface area contributed by atoms with Crippen LogP contribution >= 0.6 is 0 Å². The van der Waals surface area contributed by atoms with Gasteiger partial charge in [-0.15, -0.1) is 0 Å². The predicted octanol–water partition coefficient (Wildman–Crippen LogP) is 2.27. The second-order valence-corrected chi connectivity index (χ2v) is 5.29. The highest BCUT2D eigenvalue weighted by Gasteiger charge is 2.28. The molecule has 1 heterocycles. The lowest BCUT2D eigenvalue weighted by Gasteiger charge is -2.28. The van der Waals surface area contributed by atoms with Gasteiger partial charge >= 0.3 is 6.09 Å². The lowest BCUT2D eigenvalue weighted by atomic mass is 10.1. The highest BCUT2D eigenvalue weighted by atomic mass is 19.1. The first-order valence-electron chi connectivity index (χ1n) is 6.17. The van der Waals surface area contributed by atoms with Gasteiger partial charge in [0.2, 0.25) is 0 Å². The Morgan fingerprint density at radius 2 is 2.15 bits per heavy atom. The first-order chi connectivity index (χ1) is 9.24. The topological polar surface area (TPSA) is 82.9 Å². The molecule has 0 saturated heterocycles. The van der Waals surface area contributed by atoms with Crippen molar-refractivity contribution < 1.29 is 24.2 Å². The molecule has 0 aromatic carbocycles. The van der Waals surface area contributed by atoms with Crippen molar-refractivity contribution >= 4 is 6.09 Å². The van der Waals surface area contributed by atoms with Crippen LogP contribution in [-0.4, -0.2) is 38.7 Å². The molecule has 0 unspecified atom stereocenters. The van der Waals surface area contributed by atoms with Gasteiger partial charge in [-0.05, 0) is 38.8 Å². The summed E-state index contributed by atoms with van der Waals surface area (Å²) in [5.41, 5.74) is -0.505. The van der Waals surface area contributed by atoms with Crippen LogP contribution in [0, 0.1) is 5.82 Å². The molecular formula is C13H19FN2O4. The summed E-state index contributed by atoms with van der Waals surface area (Å²) in [7, 11) is 0. The summed E-state index contributed by atoms with van der Waals surface area (Å²) in [5.74, 6) is -0.594. The molecular weight excluding hydrogens is 267 g/mol. The van der Waals surface area contributed by atoms with Crippen molar-refractivity contribution in [1.29, 1.82) is 0 Å². The maximum absolute atomic E-state index is 13.2. The van der Waals surface area contributed by atoms with Gasteiger partial charge in [0.05, 0.1) is 12.2 Å². The van der Waals surface area contributed by atoms with E-state index in [4.69, 9.17) is 9.84 Å². The molecule has 1 aromatic rings. The monoisotopic (exact) mass is 286 g/mol. The number of ether oxygens (including phenoxy) is 1. The fraction of sp³-hybridized carbons (Fsp3) is 0.538. The Morgan fingerprint density at radius 3 is 2.65 bits per heavy atom. The van der Waals surface area contributed by atoms with Crippen LogP contribution in [0.4, 0.5) is 9.18 Å². The highest BCUT2D eigenvalue weighted by molar-refractivity contribution is 5.67. The third-order valence-corrected chi connectivity index (χ3v) is 2.39. The van der Waals surface area contributed by atoms with Crippen LogP contribution < -0.4 is 0 Å². The zero-order valence-electron chi connectivity index (χ0n) is 11.7. The normalized spacial score (nSPS) is 12.9. The number of aliphatic hydroxyl groups excluding tert-OH is 1. The second kappa shape index (κ2) is 6.62. The number of hydrogen-bond donors (Lipinski definition) is 2. The number of nitrogens with zero attached hydrogens (tertiary/aromatic N) is 2. The van der Waals surface area contributed by atoms with Crippen molar-refractivity contribution in [2.75, 3.05) is 6.61 Å². The van der Waals surface area contributed by atoms with Crippen molar-refractivity contribution in [3.05, 3.63) is 29.8 Å². The van der Waals surface area contributed by atoms with E-state index in [0.717, 1.165) is 12.3 Å². The molecule has 0 spiro atoms. The summed E-state index contributed by atoms with van der Waals surface area (Å²) >= 11 is 0. The summed E-state index contributed by atoms with van der Waals surface area (Å²) in [4.78, 5) is 15.4. The Bertz CT molecular complexity index is 462. The lowest BCUT2D eigenvalue weighted by molar-refractivity contribution is -0.125. The Morgan fingerprint density at radius 1 is 1.50 bits per heavy atom. The fourth-order valence-electron chi connectivity index (χ4n) is 1.60. The number of carbonyl (C=O) groups is 1. The van der Waals surface area contributed by atoms with Crippen molar-refractivity contribution in [2.45, 2.75) is 38.8 Å². The number of amides is 1. The zero-order valence-corrected chi connectivity index (χ0v) is 11.7. The van der Waals surface area contributed by atoms with E-state index in [1.54, 1.807) is 20.8 Å². The molecule has 6 nitrogen and oxygen atoms in total. The number of pyridine rings is 1. The quantitative estimate of drug-likeness (QED) is 0.655. The van der Waals surface area contributed by atoms with E-state index in [1.807, 2.05) is 0 Å². The standard InChI is InChI=1S/C13H19FN2O4/c1-13(2,3)20-12(18)16(19)11(4-5-17)9-6-10(14)8-15-7-9/h6-8,11,17,19H,4-5H2,1-3H3/t11-/m0/s1. The molecule has 0 radical (unpaired) electrons. The molecule has 0 aliphatic carbocycles. The van der Waals surface area contributed by atoms with Gasteiger partial charge in [0.15, 0.2) is 0 Å². The van der Waals surface area contributed by atoms with Crippen LogP contribution in [0.15, 0.2) is 18.5 Å². The van der Waals surface area contributed by atoms with Crippen LogP contribution in [0.25, 0.3) is 0 Å². The van der Waals surface area contributed by atoms with Gasteiger partial charge in [0, 0.05) is 12.8 Å². The maximum Gasteiger partial charge on any atom is 0.434 e. The molecule has 2 N–H and O–H groups in total. The average molecular weight is 286 g/mol. The van der Waals surface area contributed by atoms with Gasteiger partial charge in [-0.25, -0.2) is 9.18 Å². The highest BCUT2D eigenvalue weighted by Crippen LogP contribution is 2.24. The van der Waals surface area contributed by atoms with E-state index >= 15 is 0 Å². The van der Waals surface area contributed by atoms with E-state index < -0.39 is 23.6 Å². The Labute approximate surface area is 116 Å². The smallest absolute Gasteiger partial charge is 0.434 e. The molecule has 0 saturated carbocycles. The molecule has 0 fully saturated rings. The number of aliphatic hydroxyl groups is 1. The number of hydroxylamine groups is 2. The molecule has 20 heavy (non-hydrogen) atoms. The zero-order chi connectivity index (χ0) is 15.3. The SMILES string of the molecule is CC(C)(C)OC(=O)N(O)[C@@H](CCO)c1cncc(F)c1. The largest absolute Gasteiger partial charge is 0.442 e. The Balaban J connectivity index is 2.93. The minimum Gasteiger partial charge on any atom is -0.442 e. The second-order valence-electron chi connectivity index (χ2n) is 5.29. The van der Waals surface area contributed by atoms with Crippen LogP contribution in [-0.2, 0) is 4.74 Å². The lowest BCUT2D eigenvalue weighted by Crippen LogP contribution is -2.37. The van der Waals surface area contributed by atoms with Gasteiger partial charge in [-0.3, -0.25) is 10.2 Å². The molecule has 1 amide bonds. The van der Waals surface area contributed by atoms with Gasteiger partial charge in [-0.2, -0.15) is 5.06 Å². The fourth-order valence-corrected chi connectivity index (χ4v) is 1.60. The average Bonchev–Trinajstić information content (AvgIpc) is 2.33. The van der Waals surface area contributed by atoms with E-state index in [-0.39, 0.29) is 18.6 Å². The number of hydrogen-bond acceptors (Lipinski definition) is 5. The minimum absolute atomic E-state index is 0.0286. The minimum atomic E-state index is -0.972. The van der Waals surface area contributed by atoms with Crippen LogP contribution in [0.5, 0.6) is 0 Å². The van der Waals surface area contributed by atoms with Crippen LogP contribution in [0.1, 0.15) is 38.8 Å². The number of rotatable bonds is 4. The molecule has 112 valence electrons. The van der Waals surface area contributed by atoms with Crippen molar-refractivity contribution in [3.8, 4) is 0 Å². The number of aromatic nitrogens is 1. The first kappa shape index (κ1) is 16.3. The van der Waals surface area contributed by atoms with Crippen molar-refractivity contribution in [1.82, 2.24) is 10.0 Å². The molecule has 0 aliphatic heterocycles. The molecule has 7 heteroatoms. The molecule has 1 aromatic heterocycles. The maximum atomic E-state index is 13.2. The van der Waals surface area contributed by atoms with E-state index in [0.29, 0.717) is 5.06 Å². The van der Waals surface area contributed by atoms with E-state index in [2.05, 4.69) is 4.98 Å². The predicted molar refractivity (Wildman–Crippen MR) is 68.5 cm³/mol. The first-order valence-corrected chi connectivity index (χ1v) is 6.17. The molecule has 1 atom stereocenters. The van der Waals surface area contributed by atoms with E-state index in [9.17, 15) is 14.4 Å². The Hall–Kier alpha value is -1.73. The summed E-state index contributed by atoms with van der Waals surface area (Å²) in [6.45, 7) is 4.68. The van der Waals surface area contributed by atoms with Crippen molar-refractivity contribution in [3.63, 3.8) is 0 Å². The number of carbonyl (C=O) groups excluding carboxylic acids is 1. The van der Waals surface area contributed by atoms with Crippen molar-refractivity contribution in [2.24, 2.45) is 0 Å². The third-order valence-electron chi connectivity index (χ3n) is 2.39. The summed E-state index contributed by atoms with van der Waals surface area (Å²) < 4.78 is 18.2. The van der Waals surface area contributed by atoms with Gasteiger partial charge in [0.1, 0.15) is 11.4 Å². The summed E-state index contributed by atoms with van der Waals surface area (Å²) in [6, 6.07) is 0.207. The Kier molecular flexibility index (Phi) is 5.41. The molecule has 0 bridgehead atoms. The van der Waals surface area contributed by atoms with Gasteiger partial charge in [-0.1, -0.05) is 0 Å². The summed E-state index contributed by atoms with van der Waals surface area (Å²) in [5, 5.41) is 19.3. The number of halogens is 1. The van der Waals surface area contributed by atoms with Crippen LogP contribution in [0.3, 0.4) is 0 Å². The van der Waals surface area contributed by atoms with E-state index in [1.165, 1.54) is 6.20 Å². The molecule has 0 aliphatic rings. The van der Waals surface area contributed by atoms with Gasteiger partial charge < -0.3 is 9.84 Å². The van der Waals surface area contributed by atoms with Crippen LogP contribution in [0.2, 0.25) is 0 Å².